The van der Waals surface area contributed by atoms with Gasteiger partial charge in [0.2, 0.25) is 0 Å². The summed E-state index contributed by atoms with van der Waals surface area (Å²) in [5, 5.41) is 13.2. The minimum absolute atomic E-state index is 0.639. The first kappa shape index (κ1) is 17.0. The van der Waals surface area contributed by atoms with E-state index in [1.54, 1.807) is 25.1 Å². The fraction of sp³-hybridized carbons (Fsp3) is 0.200. The van der Waals surface area contributed by atoms with Gasteiger partial charge in [0.25, 0.3) is 0 Å². The zero-order valence-corrected chi connectivity index (χ0v) is 15.6. The zero-order chi connectivity index (χ0) is 19.0. The summed E-state index contributed by atoms with van der Waals surface area (Å²) in [7, 11) is 3.23. The second kappa shape index (κ2) is 6.68. The van der Waals surface area contributed by atoms with E-state index in [9.17, 15) is 0 Å². The Hall–Kier alpha value is -3.48. The van der Waals surface area contributed by atoms with Crippen molar-refractivity contribution >= 4 is 10.9 Å². The second-order valence-corrected chi connectivity index (χ2v) is 6.27. The van der Waals surface area contributed by atoms with E-state index in [-0.39, 0.29) is 0 Å². The van der Waals surface area contributed by atoms with Crippen molar-refractivity contribution in [2.75, 3.05) is 14.2 Å². The molecule has 0 aliphatic carbocycles. The molecular formula is C20H19N5O2. The van der Waals surface area contributed by atoms with Crippen molar-refractivity contribution in [1.82, 2.24) is 25.2 Å². The Labute approximate surface area is 156 Å². The first-order valence-corrected chi connectivity index (χ1v) is 8.49. The standard InChI is InChI=1S/C20H19N5O2/c1-12-5-7-14(8-6-12)25-20(22-23-24-25)16-11-21-17-10-19(27-4)18(26-3)9-15(17)13(16)2/h5-11H,1-4H3. The van der Waals surface area contributed by atoms with Gasteiger partial charge in [-0.15, -0.1) is 5.10 Å². The van der Waals surface area contributed by atoms with Gasteiger partial charge < -0.3 is 9.47 Å². The SMILES string of the molecule is COc1cc2ncc(-c3nnnn3-c3ccc(C)cc3)c(C)c2cc1OC. The average molecular weight is 361 g/mol. The molecule has 0 unspecified atom stereocenters. The van der Waals surface area contributed by atoms with Gasteiger partial charge in [0, 0.05) is 23.2 Å². The highest BCUT2D eigenvalue weighted by Gasteiger charge is 2.17. The predicted molar refractivity (Wildman–Crippen MR) is 102 cm³/mol. The van der Waals surface area contributed by atoms with E-state index in [1.165, 1.54) is 5.56 Å². The fourth-order valence-electron chi connectivity index (χ4n) is 3.09. The maximum atomic E-state index is 5.44. The van der Waals surface area contributed by atoms with Crippen LogP contribution in [0.25, 0.3) is 28.0 Å². The lowest BCUT2D eigenvalue weighted by Gasteiger charge is -2.12. The van der Waals surface area contributed by atoms with Gasteiger partial charge in [-0.1, -0.05) is 17.7 Å². The number of methoxy groups -OCH3 is 2. The summed E-state index contributed by atoms with van der Waals surface area (Å²) in [4.78, 5) is 4.59. The lowest BCUT2D eigenvalue weighted by Crippen LogP contribution is -2.02. The minimum atomic E-state index is 0.639. The molecule has 136 valence electrons. The molecule has 0 N–H and O–H groups in total. The van der Waals surface area contributed by atoms with Crippen LogP contribution < -0.4 is 9.47 Å². The quantitative estimate of drug-likeness (QED) is 0.554. The topological polar surface area (TPSA) is 75.0 Å². The van der Waals surface area contributed by atoms with Gasteiger partial charge in [0.05, 0.1) is 25.4 Å². The summed E-state index contributed by atoms with van der Waals surface area (Å²) in [6.07, 6.45) is 1.79. The van der Waals surface area contributed by atoms with Crippen molar-refractivity contribution in [2.24, 2.45) is 0 Å². The van der Waals surface area contributed by atoms with E-state index in [0.717, 1.165) is 27.7 Å². The van der Waals surface area contributed by atoms with E-state index in [1.807, 2.05) is 50.2 Å². The highest BCUT2D eigenvalue weighted by Crippen LogP contribution is 2.35. The van der Waals surface area contributed by atoms with Crippen LogP contribution in [0.15, 0.2) is 42.6 Å². The number of fused-ring (bicyclic) bond motifs is 1. The first-order valence-electron chi connectivity index (χ1n) is 8.49. The molecule has 0 aliphatic rings. The Kier molecular flexibility index (Phi) is 4.19. The summed E-state index contributed by atoms with van der Waals surface area (Å²) >= 11 is 0. The molecule has 2 aromatic heterocycles. The zero-order valence-electron chi connectivity index (χ0n) is 15.6. The van der Waals surface area contributed by atoms with E-state index >= 15 is 0 Å². The summed E-state index contributed by atoms with van der Waals surface area (Å²) in [6, 6.07) is 11.8. The van der Waals surface area contributed by atoms with Crippen LogP contribution in [-0.4, -0.2) is 39.4 Å². The van der Waals surface area contributed by atoms with E-state index in [2.05, 4.69) is 20.5 Å². The molecule has 0 bridgehead atoms. The van der Waals surface area contributed by atoms with Crippen LogP contribution in [0.4, 0.5) is 0 Å². The predicted octanol–water partition coefficient (Wildman–Crippen LogP) is 3.51. The summed E-state index contributed by atoms with van der Waals surface area (Å²) < 4.78 is 12.5. The summed E-state index contributed by atoms with van der Waals surface area (Å²) in [5.74, 6) is 1.94. The molecule has 4 aromatic rings. The Balaban J connectivity index is 1.89. The number of rotatable bonds is 4. The molecule has 2 heterocycles. The van der Waals surface area contributed by atoms with Crippen molar-refractivity contribution < 1.29 is 9.47 Å². The van der Waals surface area contributed by atoms with Crippen molar-refractivity contribution in [1.29, 1.82) is 0 Å². The van der Waals surface area contributed by atoms with Crippen molar-refractivity contribution in [3.8, 4) is 28.6 Å². The molecule has 0 aliphatic heterocycles. The maximum Gasteiger partial charge on any atom is 0.188 e. The third-order valence-corrected chi connectivity index (χ3v) is 4.63. The van der Waals surface area contributed by atoms with Crippen LogP contribution in [0.1, 0.15) is 11.1 Å². The fourth-order valence-corrected chi connectivity index (χ4v) is 3.09. The van der Waals surface area contributed by atoms with Crippen LogP contribution in [0.3, 0.4) is 0 Å². The Morgan fingerprint density at radius 3 is 2.33 bits per heavy atom. The number of pyridine rings is 1. The molecule has 7 heteroatoms. The smallest absolute Gasteiger partial charge is 0.188 e. The van der Waals surface area contributed by atoms with Crippen LogP contribution >= 0.6 is 0 Å². The van der Waals surface area contributed by atoms with E-state index in [4.69, 9.17) is 9.47 Å². The lowest BCUT2D eigenvalue weighted by atomic mass is 10.0. The molecule has 0 amide bonds. The van der Waals surface area contributed by atoms with Crippen molar-refractivity contribution in [3.05, 3.63) is 53.7 Å². The van der Waals surface area contributed by atoms with Crippen LogP contribution in [0.5, 0.6) is 11.5 Å². The van der Waals surface area contributed by atoms with Gasteiger partial charge in [-0.05, 0) is 48.0 Å². The highest BCUT2D eigenvalue weighted by atomic mass is 16.5. The maximum absolute atomic E-state index is 5.44. The molecule has 0 saturated heterocycles. The Morgan fingerprint density at radius 2 is 1.63 bits per heavy atom. The third-order valence-electron chi connectivity index (χ3n) is 4.63. The van der Waals surface area contributed by atoms with Crippen molar-refractivity contribution in [2.45, 2.75) is 13.8 Å². The van der Waals surface area contributed by atoms with Gasteiger partial charge in [0.1, 0.15) is 0 Å². The summed E-state index contributed by atoms with van der Waals surface area (Å²) in [6.45, 7) is 4.07. The normalized spacial score (nSPS) is 11.0. The molecular weight excluding hydrogens is 342 g/mol. The van der Waals surface area contributed by atoms with Gasteiger partial charge in [-0.2, -0.15) is 4.68 Å². The van der Waals surface area contributed by atoms with E-state index < -0.39 is 0 Å². The van der Waals surface area contributed by atoms with Crippen LogP contribution in [-0.2, 0) is 0 Å². The van der Waals surface area contributed by atoms with E-state index in [0.29, 0.717) is 17.3 Å². The number of hydrogen-bond donors (Lipinski definition) is 0. The molecule has 0 radical (unpaired) electrons. The van der Waals surface area contributed by atoms with Gasteiger partial charge in [-0.25, -0.2) is 0 Å². The Morgan fingerprint density at radius 1 is 0.926 bits per heavy atom. The van der Waals surface area contributed by atoms with Crippen LogP contribution in [0.2, 0.25) is 0 Å². The number of aryl methyl sites for hydroxylation is 2. The summed E-state index contributed by atoms with van der Waals surface area (Å²) in [5.41, 5.74) is 4.78. The van der Waals surface area contributed by atoms with Gasteiger partial charge >= 0.3 is 0 Å². The number of benzene rings is 2. The Bertz CT molecular complexity index is 1120. The second-order valence-electron chi connectivity index (χ2n) is 6.27. The molecule has 4 rings (SSSR count). The number of nitrogens with zero attached hydrogens (tertiary/aromatic N) is 5. The van der Waals surface area contributed by atoms with Gasteiger partial charge in [0.15, 0.2) is 17.3 Å². The van der Waals surface area contributed by atoms with Gasteiger partial charge in [-0.3, -0.25) is 4.98 Å². The number of hydrogen-bond acceptors (Lipinski definition) is 6. The number of tetrazole rings is 1. The first-order chi connectivity index (χ1) is 13.1. The minimum Gasteiger partial charge on any atom is -0.493 e. The van der Waals surface area contributed by atoms with Crippen molar-refractivity contribution in [3.63, 3.8) is 0 Å². The molecule has 0 fully saturated rings. The molecule has 0 spiro atoms. The lowest BCUT2D eigenvalue weighted by molar-refractivity contribution is 0.356. The monoisotopic (exact) mass is 361 g/mol. The third kappa shape index (κ3) is 2.87. The molecule has 0 atom stereocenters. The molecule has 7 nitrogen and oxygen atoms in total. The molecule has 2 aromatic carbocycles. The molecule has 27 heavy (non-hydrogen) atoms. The molecule has 0 saturated carbocycles. The average Bonchev–Trinajstić information content (AvgIpc) is 3.17. The van der Waals surface area contributed by atoms with Crippen LogP contribution in [0, 0.1) is 13.8 Å². The highest BCUT2D eigenvalue weighted by molar-refractivity contribution is 5.90. The largest absolute Gasteiger partial charge is 0.493 e. The number of ether oxygens (including phenoxy) is 2. The number of aromatic nitrogens is 5.